The van der Waals surface area contributed by atoms with Gasteiger partial charge in [-0.15, -0.1) is 0 Å². The zero-order chi connectivity index (χ0) is 17.7. The molecule has 2 rings (SSSR count). The lowest BCUT2D eigenvalue weighted by Gasteiger charge is -2.11. The molecule has 0 spiro atoms. The van der Waals surface area contributed by atoms with Gasteiger partial charge in [0.05, 0.1) is 17.7 Å². The second kappa shape index (κ2) is 7.40. The van der Waals surface area contributed by atoms with Gasteiger partial charge in [-0.1, -0.05) is 0 Å². The Morgan fingerprint density at radius 3 is 2.50 bits per heavy atom. The Kier molecular flexibility index (Phi) is 5.31. The van der Waals surface area contributed by atoms with Gasteiger partial charge in [0.1, 0.15) is 5.75 Å². The second-order valence-electron chi connectivity index (χ2n) is 5.31. The molecular formula is C16H19N4O4+. The number of amides is 1. The maximum absolute atomic E-state index is 12.2. The van der Waals surface area contributed by atoms with Crippen LogP contribution in [0.15, 0.2) is 42.7 Å². The summed E-state index contributed by atoms with van der Waals surface area (Å²) in [6.45, 7) is 0.0829. The number of benzene rings is 1. The van der Waals surface area contributed by atoms with Crippen LogP contribution in [-0.4, -0.2) is 32.0 Å². The van der Waals surface area contributed by atoms with Crippen LogP contribution in [0.25, 0.3) is 0 Å². The van der Waals surface area contributed by atoms with Crippen molar-refractivity contribution in [2.45, 2.75) is 6.54 Å². The van der Waals surface area contributed by atoms with Gasteiger partial charge in [-0.25, -0.2) is 0 Å². The Bertz CT molecular complexity index is 744. The van der Waals surface area contributed by atoms with Crippen LogP contribution in [0, 0.1) is 10.1 Å². The number of nitro groups is 1. The average Bonchev–Trinajstić information content (AvgIpc) is 2.55. The van der Waals surface area contributed by atoms with Gasteiger partial charge < -0.3 is 15.0 Å². The third-order valence-corrected chi connectivity index (χ3v) is 3.38. The first-order valence-electron chi connectivity index (χ1n) is 7.19. The third-order valence-electron chi connectivity index (χ3n) is 3.38. The number of nitrogens with zero attached hydrogens (tertiary/aromatic N) is 3. The van der Waals surface area contributed by atoms with Crippen LogP contribution in [0.4, 0.5) is 17.1 Å². The van der Waals surface area contributed by atoms with Crippen LogP contribution in [0.3, 0.4) is 0 Å². The SMILES string of the molecule is COc1ccc([N+](=O)[O-])cc1NC(=O)C[n+]1ccc(N(C)C)cc1. The number of anilines is 2. The molecule has 1 amide bonds. The molecule has 126 valence electrons. The number of rotatable bonds is 6. The molecule has 0 radical (unpaired) electrons. The van der Waals surface area contributed by atoms with Crippen molar-refractivity contribution in [3.63, 3.8) is 0 Å². The van der Waals surface area contributed by atoms with Crippen LogP contribution in [0.5, 0.6) is 5.75 Å². The Labute approximate surface area is 139 Å². The van der Waals surface area contributed by atoms with E-state index < -0.39 is 4.92 Å². The van der Waals surface area contributed by atoms with Crippen LogP contribution in [0.1, 0.15) is 0 Å². The van der Waals surface area contributed by atoms with Gasteiger partial charge in [0.25, 0.3) is 11.6 Å². The van der Waals surface area contributed by atoms with Crippen molar-refractivity contribution < 1.29 is 19.0 Å². The van der Waals surface area contributed by atoms with E-state index >= 15 is 0 Å². The number of nitro benzene ring substituents is 1. The van der Waals surface area contributed by atoms with E-state index in [1.165, 1.54) is 25.3 Å². The molecule has 8 heteroatoms. The van der Waals surface area contributed by atoms with Crippen molar-refractivity contribution in [3.05, 3.63) is 52.8 Å². The molecule has 0 saturated carbocycles. The molecule has 24 heavy (non-hydrogen) atoms. The molecule has 0 aliphatic heterocycles. The minimum atomic E-state index is -0.524. The lowest BCUT2D eigenvalue weighted by Crippen LogP contribution is -2.39. The third kappa shape index (κ3) is 4.19. The Hall–Kier alpha value is -3.16. The predicted molar refractivity (Wildman–Crippen MR) is 89.2 cm³/mol. The van der Waals surface area contributed by atoms with Crippen molar-refractivity contribution in [3.8, 4) is 5.75 Å². The van der Waals surface area contributed by atoms with Gasteiger partial charge in [0, 0.05) is 44.0 Å². The molecule has 8 nitrogen and oxygen atoms in total. The van der Waals surface area contributed by atoms with Gasteiger partial charge in [-0.05, 0) is 6.07 Å². The number of nitrogens with one attached hydrogen (secondary N) is 1. The van der Waals surface area contributed by atoms with E-state index in [9.17, 15) is 14.9 Å². The molecule has 0 aliphatic carbocycles. The fraction of sp³-hybridized carbons (Fsp3) is 0.250. The minimum Gasteiger partial charge on any atom is -0.495 e. The molecule has 0 bridgehead atoms. The van der Waals surface area contributed by atoms with Crippen LogP contribution in [-0.2, 0) is 11.3 Å². The summed E-state index contributed by atoms with van der Waals surface area (Å²) >= 11 is 0. The highest BCUT2D eigenvalue weighted by Gasteiger charge is 2.16. The van der Waals surface area contributed by atoms with Crippen LogP contribution < -0.4 is 19.5 Å². The molecule has 2 aromatic rings. The summed E-state index contributed by atoms with van der Waals surface area (Å²) in [6.07, 6.45) is 3.58. The van der Waals surface area contributed by atoms with E-state index in [0.717, 1.165) is 5.69 Å². The number of methoxy groups -OCH3 is 1. The maximum Gasteiger partial charge on any atom is 0.290 e. The summed E-state index contributed by atoms with van der Waals surface area (Å²) in [5.41, 5.74) is 1.17. The smallest absolute Gasteiger partial charge is 0.290 e. The first-order chi connectivity index (χ1) is 11.4. The van der Waals surface area contributed by atoms with E-state index in [2.05, 4.69) is 5.32 Å². The van der Waals surface area contributed by atoms with E-state index in [-0.39, 0.29) is 23.8 Å². The summed E-state index contributed by atoms with van der Waals surface area (Å²) in [7, 11) is 5.30. The number of pyridine rings is 1. The zero-order valence-electron chi connectivity index (χ0n) is 13.7. The van der Waals surface area contributed by atoms with Gasteiger partial charge in [0.15, 0.2) is 12.4 Å². The Morgan fingerprint density at radius 1 is 1.29 bits per heavy atom. The highest BCUT2D eigenvalue weighted by Crippen LogP contribution is 2.28. The molecular weight excluding hydrogens is 312 g/mol. The summed E-state index contributed by atoms with van der Waals surface area (Å²) in [4.78, 5) is 24.5. The van der Waals surface area contributed by atoms with Crippen LogP contribution >= 0.6 is 0 Å². The fourth-order valence-corrected chi connectivity index (χ4v) is 2.12. The summed E-state index contributed by atoms with van der Waals surface area (Å²) in [5.74, 6) is 0.0540. The second-order valence-corrected chi connectivity index (χ2v) is 5.31. The number of hydrogen-bond acceptors (Lipinski definition) is 5. The Balaban J connectivity index is 2.11. The number of carbonyl (C=O) groups is 1. The van der Waals surface area contributed by atoms with Gasteiger partial charge in [-0.2, -0.15) is 4.57 Å². The Morgan fingerprint density at radius 2 is 1.96 bits per heavy atom. The van der Waals surface area contributed by atoms with Gasteiger partial charge in [-0.3, -0.25) is 14.9 Å². The number of non-ortho nitro benzene ring substituents is 1. The molecule has 0 atom stereocenters. The lowest BCUT2D eigenvalue weighted by molar-refractivity contribution is -0.684. The number of carbonyl (C=O) groups excluding carboxylic acids is 1. The average molecular weight is 331 g/mol. The van der Waals surface area contributed by atoms with E-state index in [4.69, 9.17) is 4.74 Å². The number of ether oxygens (including phenoxy) is 1. The lowest BCUT2D eigenvalue weighted by atomic mass is 10.2. The predicted octanol–water partition coefficient (Wildman–Crippen LogP) is 1.60. The molecule has 0 unspecified atom stereocenters. The largest absolute Gasteiger partial charge is 0.495 e. The molecule has 0 fully saturated rings. The van der Waals surface area contributed by atoms with Crippen molar-refractivity contribution >= 4 is 23.0 Å². The first kappa shape index (κ1) is 17.2. The standard InChI is InChI=1S/C16H18N4O4/c1-18(2)12-6-8-19(9-7-12)11-16(21)17-14-10-13(20(22)23)4-5-15(14)24-3/h4-10H,11H2,1-3H3/p+1. The molecule has 1 heterocycles. The molecule has 0 saturated heterocycles. The normalized spacial score (nSPS) is 10.1. The zero-order valence-corrected chi connectivity index (χ0v) is 13.7. The van der Waals surface area contributed by atoms with Crippen molar-refractivity contribution in [2.24, 2.45) is 0 Å². The fourth-order valence-electron chi connectivity index (χ4n) is 2.12. The topological polar surface area (TPSA) is 88.6 Å². The van der Waals surface area contributed by atoms with Gasteiger partial charge >= 0.3 is 0 Å². The molecule has 1 aromatic carbocycles. The highest BCUT2D eigenvalue weighted by molar-refractivity contribution is 5.91. The molecule has 1 aromatic heterocycles. The molecule has 0 aliphatic rings. The van der Waals surface area contributed by atoms with Gasteiger partial charge in [0.2, 0.25) is 6.54 Å². The maximum atomic E-state index is 12.2. The first-order valence-corrected chi connectivity index (χ1v) is 7.19. The van der Waals surface area contributed by atoms with Crippen molar-refractivity contribution in [1.29, 1.82) is 0 Å². The summed E-state index contributed by atoms with van der Waals surface area (Å²) in [6, 6.07) is 7.83. The van der Waals surface area contributed by atoms with Crippen molar-refractivity contribution in [1.82, 2.24) is 0 Å². The summed E-state index contributed by atoms with van der Waals surface area (Å²) in [5, 5.41) is 13.5. The van der Waals surface area contributed by atoms with E-state index in [1.54, 1.807) is 17.0 Å². The van der Waals surface area contributed by atoms with E-state index in [0.29, 0.717) is 5.75 Å². The molecule has 1 N–H and O–H groups in total. The van der Waals surface area contributed by atoms with E-state index in [1.807, 2.05) is 31.1 Å². The van der Waals surface area contributed by atoms with Crippen molar-refractivity contribution in [2.75, 3.05) is 31.4 Å². The minimum absolute atomic E-state index is 0.0829. The number of aromatic nitrogens is 1. The quantitative estimate of drug-likeness (QED) is 0.493. The highest BCUT2D eigenvalue weighted by atomic mass is 16.6. The monoisotopic (exact) mass is 331 g/mol. The number of hydrogen-bond donors (Lipinski definition) is 1. The summed E-state index contributed by atoms with van der Waals surface area (Å²) < 4.78 is 6.84. The van der Waals surface area contributed by atoms with Crippen LogP contribution in [0.2, 0.25) is 0 Å².